The Morgan fingerprint density at radius 3 is 2.21 bits per heavy atom. The zero-order chi connectivity index (χ0) is 13.6. The van der Waals surface area contributed by atoms with Crippen LogP contribution in [0.4, 0.5) is 5.69 Å². The predicted molar refractivity (Wildman–Crippen MR) is 76.7 cm³/mol. The minimum absolute atomic E-state index is 0.320. The third-order valence-corrected chi connectivity index (χ3v) is 3.70. The maximum atomic E-state index is 12.3. The zero-order valence-electron chi connectivity index (χ0n) is 9.56. The summed E-state index contributed by atoms with van der Waals surface area (Å²) in [4.78, 5) is 25.7. The summed E-state index contributed by atoms with van der Waals surface area (Å²) in [7, 11) is 0. The number of halogens is 2. The van der Waals surface area contributed by atoms with Crippen LogP contribution in [-0.4, -0.2) is 11.8 Å². The van der Waals surface area contributed by atoms with Crippen molar-refractivity contribution in [1.82, 2.24) is 0 Å². The Morgan fingerprint density at radius 1 is 0.895 bits per heavy atom. The fraction of sp³-hybridized carbons (Fsp3) is 0. The first-order valence-corrected chi connectivity index (χ1v) is 6.69. The molecule has 2 aromatic carbocycles. The van der Waals surface area contributed by atoms with Crippen LogP contribution >= 0.6 is 27.5 Å². The number of anilines is 1. The number of benzene rings is 2. The number of imide groups is 1. The minimum atomic E-state index is -0.343. The molecule has 2 aromatic rings. The molecule has 0 spiro atoms. The van der Waals surface area contributed by atoms with Gasteiger partial charge < -0.3 is 0 Å². The molecule has 0 bridgehead atoms. The normalized spacial score (nSPS) is 13.9. The molecule has 0 fully saturated rings. The first-order chi connectivity index (χ1) is 9.08. The van der Waals surface area contributed by atoms with Crippen molar-refractivity contribution in [3.8, 4) is 0 Å². The largest absolute Gasteiger partial charge is 0.268 e. The maximum Gasteiger partial charge on any atom is 0.266 e. The lowest BCUT2D eigenvalue weighted by Gasteiger charge is -2.13. The number of rotatable bonds is 1. The number of carbonyl (C=O) groups is 2. The van der Waals surface area contributed by atoms with Crippen LogP contribution in [0.5, 0.6) is 0 Å². The number of fused-ring (bicyclic) bond motifs is 1. The topological polar surface area (TPSA) is 37.4 Å². The van der Waals surface area contributed by atoms with E-state index in [0.29, 0.717) is 21.8 Å². The molecule has 5 heteroatoms. The van der Waals surface area contributed by atoms with Gasteiger partial charge in [0.25, 0.3) is 11.8 Å². The first kappa shape index (κ1) is 12.4. The van der Waals surface area contributed by atoms with Crippen molar-refractivity contribution in [2.75, 3.05) is 4.90 Å². The molecule has 0 atom stereocenters. The highest BCUT2D eigenvalue weighted by Gasteiger charge is 2.36. The molecule has 1 aliphatic heterocycles. The van der Waals surface area contributed by atoms with Crippen LogP contribution in [0.3, 0.4) is 0 Å². The van der Waals surface area contributed by atoms with Crippen LogP contribution < -0.4 is 4.90 Å². The molecule has 19 heavy (non-hydrogen) atoms. The van der Waals surface area contributed by atoms with Gasteiger partial charge in [-0.3, -0.25) is 9.59 Å². The van der Waals surface area contributed by atoms with Gasteiger partial charge in [0.2, 0.25) is 0 Å². The summed E-state index contributed by atoms with van der Waals surface area (Å²) in [6.07, 6.45) is 0. The van der Waals surface area contributed by atoms with Gasteiger partial charge >= 0.3 is 0 Å². The second kappa shape index (κ2) is 4.47. The first-order valence-electron chi connectivity index (χ1n) is 5.52. The highest BCUT2D eigenvalue weighted by molar-refractivity contribution is 9.10. The summed E-state index contributed by atoms with van der Waals surface area (Å²) >= 11 is 9.18. The van der Waals surface area contributed by atoms with E-state index >= 15 is 0 Å². The molecule has 3 nitrogen and oxygen atoms in total. The highest BCUT2D eigenvalue weighted by Crippen LogP contribution is 2.30. The van der Waals surface area contributed by atoms with Crippen molar-refractivity contribution in [3.63, 3.8) is 0 Å². The van der Waals surface area contributed by atoms with E-state index in [9.17, 15) is 9.59 Å². The molecule has 2 amide bonds. The number of amides is 2. The molecule has 0 N–H and O–H groups in total. The molecule has 0 radical (unpaired) electrons. The molecule has 0 saturated heterocycles. The fourth-order valence-corrected chi connectivity index (χ4v) is 2.47. The van der Waals surface area contributed by atoms with Crippen molar-refractivity contribution in [2.24, 2.45) is 0 Å². The van der Waals surface area contributed by atoms with E-state index in [2.05, 4.69) is 15.9 Å². The van der Waals surface area contributed by atoms with Crippen molar-refractivity contribution in [1.29, 1.82) is 0 Å². The Labute approximate surface area is 122 Å². The maximum absolute atomic E-state index is 12.3. The summed E-state index contributed by atoms with van der Waals surface area (Å²) < 4.78 is 0.885. The quantitative estimate of drug-likeness (QED) is 0.741. The summed E-state index contributed by atoms with van der Waals surface area (Å²) in [5, 5.41) is 0.442. The van der Waals surface area contributed by atoms with Gasteiger partial charge in [-0.1, -0.05) is 27.5 Å². The molecular formula is C14H7BrClNO2. The number of hydrogen-bond donors (Lipinski definition) is 0. The fourth-order valence-electron chi connectivity index (χ4n) is 2.04. The van der Waals surface area contributed by atoms with Gasteiger partial charge in [-0.05, 0) is 42.5 Å². The second-order valence-corrected chi connectivity index (χ2v) is 5.46. The van der Waals surface area contributed by atoms with Crippen molar-refractivity contribution in [3.05, 3.63) is 63.1 Å². The van der Waals surface area contributed by atoms with Crippen molar-refractivity contribution >= 4 is 45.0 Å². The number of hydrogen-bond acceptors (Lipinski definition) is 2. The highest BCUT2D eigenvalue weighted by atomic mass is 79.9. The van der Waals surface area contributed by atoms with E-state index < -0.39 is 0 Å². The SMILES string of the molecule is O=C1c2ccc(Cl)cc2C(=O)N1c1ccc(Br)cc1. The van der Waals surface area contributed by atoms with E-state index in [1.807, 2.05) is 0 Å². The van der Waals surface area contributed by atoms with Gasteiger partial charge in [0.05, 0.1) is 16.8 Å². The summed E-state index contributed by atoms with van der Waals surface area (Å²) in [6, 6.07) is 11.7. The third kappa shape index (κ3) is 1.97. The standard InChI is InChI=1S/C14H7BrClNO2/c15-8-1-4-10(5-2-8)17-13(18)11-6-3-9(16)7-12(11)14(17)19/h1-7H. The molecular weight excluding hydrogens is 330 g/mol. The predicted octanol–water partition coefficient (Wildman–Crippen LogP) is 3.90. The lowest BCUT2D eigenvalue weighted by Crippen LogP contribution is -2.29. The van der Waals surface area contributed by atoms with Crippen LogP contribution in [-0.2, 0) is 0 Å². The lowest BCUT2D eigenvalue weighted by molar-refractivity contribution is 0.0926. The Hall–Kier alpha value is -1.65. The molecule has 0 unspecified atom stereocenters. The smallest absolute Gasteiger partial charge is 0.266 e. The molecule has 3 rings (SSSR count). The second-order valence-electron chi connectivity index (χ2n) is 4.11. The van der Waals surface area contributed by atoms with Gasteiger partial charge in [0, 0.05) is 9.50 Å². The van der Waals surface area contributed by atoms with Crippen LogP contribution in [0.2, 0.25) is 5.02 Å². The van der Waals surface area contributed by atoms with Gasteiger partial charge in [-0.2, -0.15) is 0 Å². The molecule has 1 heterocycles. The van der Waals surface area contributed by atoms with Gasteiger partial charge in [-0.25, -0.2) is 4.90 Å². The number of carbonyl (C=O) groups excluding carboxylic acids is 2. The summed E-state index contributed by atoms with van der Waals surface area (Å²) in [5.41, 5.74) is 1.28. The van der Waals surface area contributed by atoms with E-state index in [4.69, 9.17) is 11.6 Å². The van der Waals surface area contributed by atoms with Crippen molar-refractivity contribution in [2.45, 2.75) is 0 Å². The van der Waals surface area contributed by atoms with Crippen LogP contribution in [0.1, 0.15) is 20.7 Å². The molecule has 1 aliphatic rings. The van der Waals surface area contributed by atoms with E-state index in [-0.39, 0.29) is 11.8 Å². The Bertz CT molecular complexity index is 697. The molecule has 0 aromatic heterocycles. The average molecular weight is 337 g/mol. The minimum Gasteiger partial charge on any atom is -0.268 e. The van der Waals surface area contributed by atoms with E-state index in [0.717, 1.165) is 9.37 Å². The molecule has 94 valence electrons. The van der Waals surface area contributed by atoms with Crippen molar-refractivity contribution < 1.29 is 9.59 Å². The third-order valence-electron chi connectivity index (χ3n) is 2.93. The number of nitrogens with zero attached hydrogens (tertiary/aromatic N) is 1. The monoisotopic (exact) mass is 335 g/mol. The van der Waals surface area contributed by atoms with Crippen LogP contribution in [0.25, 0.3) is 0 Å². The molecule has 0 aliphatic carbocycles. The zero-order valence-corrected chi connectivity index (χ0v) is 11.9. The summed E-state index contributed by atoms with van der Waals surface area (Å²) in [5.74, 6) is -0.663. The Kier molecular flexibility index (Phi) is 2.92. The summed E-state index contributed by atoms with van der Waals surface area (Å²) in [6.45, 7) is 0. The lowest BCUT2D eigenvalue weighted by atomic mass is 10.1. The van der Waals surface area contributed by atoms with Gasteiger partial charge in [-0.15, -0.1) is 0 Å². The van der Waals surface area contributed by atoms with Crippen LogP contribution in [0, 0.1) is 0 Å². The Morgan fingerprint density at radius 2 is 1.53 bits per heavy atom. The average Bonchev–Trinajstić information content (AvgIpc) is 2.63. The van der Waals surface area contributed by atoms with E-state index in [1.165, 1.54) is 6.07 Å². The van der Waals surface area contributed by atoms with E-state index in [1.54, 1.807) is 36.4 Å². The van der Waals surface area contributed by atoms with Gasteiger partial charge in [0.1, 0.15) is 0 Å². The molecule has 0 saturated carbocycles. The van der Waals surface area contributed by atoms with Crippen LogP contribution in [0.15, 0.2) is 46.9 Å². The Balaban J connectivity index is 2.10. The van der Waals surface area contributed by atoms with Gasteiger partial charge in [0.15, 0.2) is 0 Å².